The summed E-state index contributed by atoms with van der Waals surface area (Å²) >= 11 is 0. The molecule has 114 valence electrons. The second kappa shape index (κ2) is 7.90. The van der Waals surface area contributed by atoms with Crippen molar-refractivity contribution in [1.82, 2.24) is 4.90 Å². The third kappa shape index (κ3) is 3.67. The van der Waals surface area contributed by atoms with Crippen LogP contribution in [0.4, 0.5) is 0 Å². The average molecular weight is 298 g/mol. The van der Waals surface area contributed by atoms with Gasteiger partial charge in [-0.3, -0.25) is 4.90 Å². The van der Waals surface area contributed by atoms with E-state index < -0.39 is 0 Å². The Balaban J connectivity index is 0.00000200. The minimum atomic E-state index is 0. The van der Waals surface area contributed by atoms with Gasteiger partial charge in [-0.25, -0.2) is 0 Å². The molecule has 0 bridgehead atoms. The van der Waals surface area contributed by atoms with Crippen LogP contribution in [-0.4, -0.2) is 29.1 Å². The van der Waals surface area contributed by atoms with Gasteiger partial charge in [-0.2, -0.15) is 0 Å². The molecule has 0 saturated carbocycles. The highest BCUT2D eigenvalue weighted by Crippen LogP contribution is 2.33. The van der Waals surface area contributed by atoms with Crippen LogP contribution in [0.15, 0.2) is 18.2 Å². The molecule has 0 spiro atoms. The van der Waals surface area contributed by atoms with Gasteiger partial charge < -0.3 is 5.11 Å². The predicted molar refractivity (Wildman–Crippen MR) is 87.9 cm³/mol. The first-order chi connectivity index (χ1) is 9.17. The zero-order valence-electron chi connectivity index (χ0n) is 12.9. The number of phenols is 1. The smallest absolute Gasteiger partial charge is 0.119 e. The number of hydrogen-bond donors (Lipinski definition) is 1. The molecule has 2 atom stereocenters. The van der Waals surface area contributed by atoms with Crippen LogP contribution in [0.25, 0.3) is 0 Å². The van der Waals surface area contributed by atoms with Crippen molar-refractivity contribution in [1.29, 1.82) is 0 Å². The molecule has 0 saturated heterocycles. The quantitative estimate of drug-likeness (QED) is 0.886. The molecular weight excluding hydrogens is 270 g/mol. The second-order valence-corrected chi connectivity index (χ2v) is 5.90. The van der Waals surface area contributed by atoms with Gasteiger partial charge in [0.15, 0.2) is 0 Å². The third-order valence-corrected chi connectivity index (χ3v) is 4.35. The highest BCUT2D eigenvalue weighted by atomic mass is 35.5. The Labute approximate surface area is 129 Å². The van der Waals surface area contributed by atoms with Gasteiger partial charge in [-0.15, -0.1) is 12.4 Å². The van der Waals surface area contributed by atoms with Crippen LogP contribution < -0.4 is 0 Å². The molecule has 0 aliphatic heterocycles. The zero-order chi connectivity index (χ0) is 13.8. The van der Waals surface area contributed by atoms with Crippen molar-refractivity contribution < 1.29 is 5.11 Å². The number of halogens is 1. The SMILES string of the molecule is CCCN(CCC)C1Cc2c(O)cccc2CC1C.Cl. The highest BCUT2D eigenvalue weighted by Gasteiger charge is 2.30. The maximum atomic E-state index is 10.1. The van der Waals surface area contributed by atoms with Crippen molar-refractivity contribution in [2.45, 2.75) is 52.5 Å². The summed E-state index contributed by atoms with van der Waals surface area (Å²) in [6, 6.07) is 6.55. The third-order valence-electron chi connectivity index (χ3n) is 4.35. The van der Waals surface area contributed by atoms with E-state index in [1.807, 2.05) is 12.1 Å². The van der Waals surface area contributed by atoms with E-state index in [2.05, 4.69) is 31.7 Å². The summed E-state index contributed by atoms with van der Waals surface area (Å²) in [5.74, 6) is 1.16. The van der Waals surface area contributed by atoms with Crippen LogP contribution in [0.1, 0.15) is 44.7 Å². The summed E-state index contributed by atoms with van der Waals surface area (Å²) in [5.41, 5.74) is 2.53. The molecule has 3 heteroatoms. The van der Waals surface area contributed by atoms with E-state index >= 15 is 0 Å². The fraction of sp³-hybridized carbons (Fsp3) is 0.647. The van der Waals surface area contributed by atoms with Crippen LogP contribution in [0.3, 0.4) is 0 Å². The first kappa shape index (κ1) is 17.3. The Hall–Kier alpha value is -0.730. The Kier molecular flexibility index (Phi) is 6.84. The topological polar surface area (TPSA) is 23.5 Å². The largest absolute Gasteiger partial charge is 0.508 e. The molecule has 1 aliphatic carbocycles. The fourth-order valence-corrected chi connectivity index (χ4v) is 3.45. The molecule has 0 fully saturated rings. The van der Waals surface area contributed by atoms with E-state index in [9.17, 15) is 5.11 Å². The van der Waals surface area contributed by atoms with E-state index in [0.717, 1.165) is 12.8 Å². The van der Waals surface area contributed by atoms with Crippen molar-refractivity contribution in [3.8, 4) is 5.75 Å². The fourth-order valence-electron chi connectivity index (χ4n) is 3.45. The number of benzene rings is 1. The summed E-state index contributed by atoms with van der Waals surface area (Å²) in [5, 5.41) is 10.1. The normalized spacial score (nSPS) is 21.4. The Morgan fingerprint density at radius 3 is 2.40 bits per heavy atom. The lowest BCUT2D eigenvalue weighted by atomic mass is 9.80. The van der Waals surface area contributed by atoms with E-state index in [4.69, 9.17) is 0 Å². The number of rotatable bonds is 5. The van der Waals surface area contributed by atoms with Crippen LogP contribution in [0, 0.1) is 5.92 Å². The van der Waals surface area contributed by atoms with Crippen LogP contribution in [0.5, 0.6) is 5.75 Å². The lowest BCUT2D eigenvalue weighted by molar-refractivity contribution is 0.138. The van der Waals surface area contributed by atoms with Crippen molar-refractivity contribution in [2.24, 2.45) is 5.92 Å². The molecule has 0 radical (unpaired) electrons. The Morgan fingerprint density at radius 2 is 1.80 bits per heavy atom. The van der Waals surface area contributed by atoms with Gasteiger partial charge in [-0.05, 0) is 61.9 Å². The molecule has 2 nitrogen and oxygen atoms in total. The van der Waals surface area contributed by atoms with Gasteiger partial charge in [0.25, 0.3) is 0 Å². The molecule has 1 aliphatic rings. The molecule has 0 aromatic heterocycles. The first-order valence-corrected chi connectivity index (χ1v) is 7.71. The molecule has 20 heavy (non-hydrogen) atoms. The molecule has 1 aromatic carbocycles. The van der Waals surface area contributed by atoms with Crippen molar-refractivity contribution >= 4 is 12.4 Å². The highest BCUT2D eigenvalue weighted by molar-refractivity contribution is 5.85. The lowest BCUT2D eigenvalue weighted by Gasteiger charge is -2.39. The lowest BCUT2D eigenvalue weighted by Crippen LogP contribution is -2.45. The van der Waals surface area contributed by atoms with Crippen molar-refractivity contribution in [3.63, 3.8) is 0 Å². The maximum absolute atomic E-state index is 10.1. The molecule has 0 heterocycles. The Bertz CT molecular complexity index is 415. The predicted octanol–water partition coefficient (Wildman–Crippen LogP) is 4.04. The standard InChI is InChI=1S/C17H27NO.ClH/c1-4-9-18(10-5-2)16-12-15-14(11-13(16)3)7-6-8-17(15)19;/h6-8,13,16,19H,4-5,9-12H2,1-3H3;1H. The second-order valence-electron chi connectivity index (χ2n) is 5.90. The molecule has 1 N–H and O–H groups in total. The van der Waals surface area contributed by atoms with Gasteiger partial charge in [-0.1, -0.05) is 32.9 Å². The maximum Gasteiger partial charge on any atom is 0.119 e. The summed E-state index contributed by atoms with van der Waals surface area (Å²) in [6.07, 6.45) is 4.51. The van der Waals surface area contributed by atoms with Crippen LogP contribution in [0.2, 0.25) is 0 Å². The van der Waals surface area contributed by atoms with Gasteiger partial charge in [0.1, 0.15) is 5.75 Å². The van der Waals surface area contributed by atoms with Crippen molar-refractivity contribution in [3.05, 3.63) is 29.3 Å². The van der Waals surface area contributed by atoms with Gasteiger partial charge in [0.05, 0.1) is 0 Å². The zero-order valence-corrected chi connectivity index (χ0v) is 13.7. The minimum Gasteiger partial charge on any atom is -0.508 e. The number of hydrogen-bond acceptors (Lipinski definition) is 2. The van der Waals surface area contributed by atoms with E-state index in [0.29, 0.717) is 17.7 Å². The average Bonchev–Trinajstić information content (AvgIpc) is 2.38. The van der Waals surface area contributed by atoms with E-state index in [1.165, 1.54) is 37.1 Å². The first-order valence-electron chi connectivity index (χ1n) is 7.71. The summed E-state index contributed by atoms with van der Waals surface area (Å²) < 4.78 is 0. The molecule has 0 amide bonds. The summed E-state index contributed by atoms with van der Waals surface area (Å²) in [4.78, 5) is 2.63. The van der Waals surface area contributed by atoms with E-state index in [1.54, 1.807) is 0 Å². The summed E-state index contributed by atoms with van der Waals surface area (Å²) in [7, 11) is 0. The van der Waals surface area contributed by atoms with Gasteiger partial charge in [0, 0.05) is 6.04 Å². The Morgan fingerprint density at radius 1 is 1.15 bits per heavy atom. The number of phenolic OH excluding ortho intramolecular Hbond substituents is 1. The number of aromatic hydroxyl groups is 1. The van der Waals surface area contributed by atoms with Crippen LogP contribution in [-0.2, 0) is 12.8 Å². The van der Waals surface area contributed by atoms with Crippen molar-refractivity contribution in [2.75, 3.05) is 13.1 Å². The number of fused-ring (bicyclic) bond motifs is 1. The minimum absolute atomic E-state index is 0. The number of nitrogens with zero attached hydrogens (tertiary/aromatic N) is 1. The van der Waals surface area contributed by atoms with Gasteiger partial charge >= 0.3 is 0 Å². The molecular formula is C17H28ClNO. The summed E-state index contributed by atoms with van der Waals surface area (Å²) in [6.45, 7) is 9.21. The molecule has 2 rings (SSSR count). The molecule has 2 unspecified atom stereocenters. The molecule has 1 aromatic rings. The monoisotopic (exact) mass is 297 g/mol. The van der Waals surface area contributed by atoms with Crippen LogP contribution >= 0.6 is 12.4 Å². The van der Waals surface area contributed by atoms with E-state index in [-0.39, 0.29) is 12.4 Å². The van der Waals surface area contributed by atoms with Gasteiger partial charge in [0.2, 0.25) is 0 Å².